The topological polar surface area (TPSA) is 348 Å². The van der Waals surface area contributed by atoms with Crippen molar-refractivity contribution in [2.45, 2.75) is 155 Å². The maximum absolute atomic E-state index is 13.8. The molecule has 1 heterocycles. The number of likely N-dealkylation sites (tertiary alicyclic amines) is 1. The van der Waals surface area contributed by atoms with Crippen molar-refractivity contribution in [1.82, 2.24) is 36.8 Å². The Labute approximate surface area is 352 Å². The fraction of sp³-hybridized carbons (Fsp3) is 0.769. The van der Waals surface area contributed by atoms with Crippen molar-refractivity contribution in [1.29, 1.82) is 0 Å². The Morgan fingerprint density at radius 1 is 0.717 bits per heavy atom. The van der Waals surface area contributed by atoms with E-state index in [0.29, 0.717) is 32.2 Å². The summed E-state index contributed by atoms with van der Waals surface area (Å²) in [6.07, 6.45) is 0.371. The minimum Gasteiger partial charge on any atom is -0.480 e. The van der Waals surface area contributed by atoms with E-state index in [1.54, 1.807) is 27.7 Å². The molecule has 1 fully saturated rings. The zero-order valence-electron chi connectivity index (χ0n) is 36.1. The number of nitrogens with zero attached hydrogens (tertiary/aromatic N) is 1. The van der Waals surface area contributed by atoms with Gasteiger partial charge in [0.2, 0.25) is 47.3 Å². The van der Waals surface area contributed by atoms with Gasteiger partial charge in [0.25, 0.3) is 0 Å². The number of carboxylic acid groups (broad SMARTS) is 1. The molecule has 14 N–H and O–H groups in total. The Bertz CT molecular complexity index is 1490. The minimum atomic E-state index is -1.44. The molecule has 21 heteroatoms. The highest BCUT2D eigenvalue weighted by Crippen LogP contribution is 2.20. The van der Waals surface area contributed by atoms with Gasteiger partial charge >= 0.3 is 5.97 Å². The second-order valence-electron chi connectivity index (χ2n) is 16.6. The highest BCUT2D eigenvalue weighted by molar-refractivity contribution is 5.97. The van der Waals surface area contributed by atoms with Crippen LogP contribution in [0.2, 0.25) is 0 Å². The normalized spacial score (nSPS) is 17.4. The van der Waals surface area contributed by atoms with E-state index in [1.165, 1.54) is 11.8 Å². The zero-order valence-corrected chi connectivity index (χ0v) is 36.1. The van der Waals surface area contributed by atoms with Crippen LogP contribution in [-0.4, -0.2) is 136 Å². The second-order valence-corrected chi connectivity index (χ2v) is 16.6. The molecule has 21 nitrogen and oxygen atoms in total. The van der Waals surface area contributed by atoms with Gasteiger partial charge in [0.05, 0.1) is 18.7 Å². The quantitative estimate of drug-likeness (QED) is 0.0380. The van der Waals surface area contributed by atoms with Gasteiger partial charge in [-0.25, -0.2) is 4.79 Å². The number of hydrogen-bond donors (Lipinski definition) is 11. The third kappa shape index (κ3) is 18.6. The van der Waals surface area contributed by atoms with Crippen molar-refractivity contribution in [3.63, 3.8) is 0 Å². The summed E-state index contributed by atoms with van der Waals surface area (Å²) in [5.41, 5.74) is 16.8. The third-order valence-electron chi connectivity index (χ3n) is 9.85. The van der Waals surface area contributed by atoms with Crippen LogP contribution in [0, 0.1) is 17.8 Å². The molecular formula is C39H70N10O11. The van der Waals surface area contributed by atoms with Gasteiger partial charge in [-0.1, -0.05) is 41.5 Å². The van der Waals surface area contributed by atoms with Gasteiger partial charge in [-0.05, 0) is 82.6 Å². The fourth-order valence-electron chi connectivity index (χ4n) is 6.62. The number of carbonyl (C=O) groups excluding carboxylic acids is 8. The second kappa shape index (κ2) is 26.3. The number of hydrogen-bond acceptors (Lipinski definition) is 12. The van der Waals surface area contributed by atoms with Crippen LogP contribution in [0.5, 0.6) is 0 Å². The lowest BCUT2D eigenvalue weighted by atomic mass is 9.99. The first-order valence-electron chi connectivity index (χ1n) is 20.7. The Morgan fingerprint density at radius 2 is 1.32 bits per heavy atom. The molecule has 0 radical (unpaired) electrons. The summed E-state index contributed by atoms with van der Waals surface area (Å²) >= 11 is 0. The van der Waals surface area contributed by atoms with Crippen LogP contribution in [0.25, 0.3) is 0 Å². The lowest BCUT2D eigenvalue weighted by molar-refractivity contribution is -0.145. The smallest absolute Gasteiger partial charge is 0.326 e. The lowest BCUT2D eigenvalue weighted by Crippen LogP contribution is -2.61. The Balaban J connectivity index is 3.09. The van der Waals surface area contributed by atoms with Crippen LogP contribution in [-0.2, 0) is 43.2 Å². The standard InChI is InChI=1S/C39H70N10O11/c1-20(2)17-24(41)33(53)48-32(23(7)50)37(57)47-31(22(5)6)36(56)46-27(18-21(3)4)34(54)43-19-30(52)44-25(13-14-29(42)51)38(58)49-16-10-12-28(49)35(55)45-26(39(59)60)11-8-9-15-40/h20-28,31-32,50H,8-19,40-41H2,1-7H3,(H2,42,51)(H,43,54)(H,44,52)(H,45,55)(H,46,56)(H,47,57)(H,48,53)(H,59,60)/t23-,24+,25+,26+,27+,28+,31+,32+/m1/s1. The Morgan fingerprint density at radius 3 is 1.85 bits per heavy atom. The summed E-state index contributed by atoms with van der Waals surface area (Å²) in [6, 6.07) is -8.35. The van der Waals surface area contributed by atoms with Crippen molar-refractivity contribution in [2.75, 3.05) is 19.6 Å². The van der Waals surface area contributed by atoms with Gasteiger partial charge in [-0.15, -0.1) is 0 Å². The summed E-state index contributed by atoms with van der Waals surface area (Å²) in [5, 5.41) is 35.0. The summed E-state index contributed by atoms with van der Waals surface area (Å²) < 4.78 is 0. The molecule has 342 valence electrons. The molecule has 0 aromatic carbocycles. The van der Waals surface area contributed by atoms with Crippen LogP contribution in [0.15, 0.2) is 0 Å². The van der Waals surface area contributed by atoms with Crippen LogP contribution in [0.4, 0.5) is 0 Å². The van der Waals surface area contributed by atoms with Crippen molar-refractivity contribution in [3.8, 4) is 0 Å². The molecule has 0 aromatic heterocycles. The van der Waals surface area contributed by atoms with Crippen LogP contribution < -0.4 is 49.1 Å². The Hall–Kier alpha value is -4.89. The molecule has 60 heavy (non-hydrogen) atoms. The molecule has 1 aliphatic heterocycles. The van der Waals surface area contributed by atoms with Crippen LogP contribution in [0.1, 0.15) is 106 Å². The molecule has 1 aliphatic rings. The van der Waals surface area contributed by atoms with E-state index < -0.39 is 114 Å². The lowest BCUT2D eigenvalue weighted by Gasteiger charge is -2.30. The van der Waals surface area contributed by atoms with Gasteiger partial charge in [-0.3, -0.25) is 38.4 Å². The van der Waals surface area contributed by atoms with Crippen molar-refractivity contribution < 1.29 is 53.4 Å². The van der Waals surface area contributed by atoms with Gasteiger partial charge in [0.15, 0.2) is 0 Å². The number of aliphatic hydroxyl groups is 1. The highest BCUT2D eigenvalue weighted by atomic mass is 16.4. The number of nitrogens with one attached hydrogen (secondary N) is 6. The van der Waals surface area contributed by atoms with E-state index in [-0.39, 0.29) is 50.5 Å². The average Bonchev–Trinajstić information content (AvgIpc) is 3.65. The first-order valence-corrected chi connectivity index (χ1v) is 20.7. The largest absolute Gasteiger partial charge is 0.480 e. The first kappa shape index (κ1) is 53.1. The number of rotatable bonds is 27. The van der Waals surface area contributed by atoms with E-state index in [4.69, 9.17) is 17.2 Å². The van der Waals surface area contributed by atoms with Crippen molar-refractivity contribution >= 4 is 53.2 Å². The van der Waals surface area contributed by atoms with Gasteiger partial charge in [-0.2, -0.15) is 0 Å². The number of carboxylic acids is 1. The van der Waals surface area contributed by atoms with E-state index in [2.05, 4.69) is 31.9 Å². The Kier molecular flexibility index (Phi) is 23.3. The number of carbonyl (C=O) groups is 9. The SMILES string of the molecule is CC(C)C[C@H](NC(=O)[C@@H](NC(=O)[C@@H](NC(=O)[C@@H](N)CC(C)C)[C@@H](C)O)C(C)C)C(=O)NCC(=O)N[C@@H](CCC(N)=O)C(=O)N1CCC[C@H]1C(=O)N[C@@H](CCCCN)C(=O)O. The fourth-order valence-corrected chi connectivity index (χ4v) is 6.62. The third-order valence-corrected chi connectivity index (χ3v) is 9.85. The van der Waals surface area contributed by atoms with Crippen molar-refractivity contribution in [2.24, 2.45) is 35.0 Å². The van der Waals surface area contributed by atoms with Gasteiger partial charge in [0, 0.05) is 13.0 Å². The number of aliphatic hydroxyl groups excluding tert-OH is 1. The van der Waals surface area contributed by atoms with Crippen LogP contribution >= 0.6 is 0 Å². The van der Waals surface area contributed by atoms with E-state index in [9.17, 15) is 53.4 Å². The average molecular weight is 855 g/mol. The van der Waals surface area contributed by atoms with E-state index in [0.717, 1.165) is 0 Å². The monoisotopic (exact) mass is 855 g/mol. The molecule has 8 atom stereocenters. The minimum absolute atomic E-state index is 0.0901. The zero-order chi connectivity index (χ0) is 45.9. The maximum Gasteiger partial charge on any atom is 0.326 e. The first-order chi connectivity index (χ1) is 28.0. The number of aliphatic carboxylic acids is 1. The number of primary amides is 1. The maximum atomic E-state index is 13.8. The van der Waals surface area contributed by atoms with E-state index >= 15 is 0 Å². The summed E-state index contributed by atoms with van der Waals surface area (Å²) in [6.45, 7) is 11.7. The molecule has 1 saturated heterocycles. The molecule has 0 unspecified atom stereocenters. The highest BCUT2D eigenvalue weighted by Gasteiger charge is 2.39. The summed E-state index contributed by atoms with van der Waals surface area (Å²) in [7, 11) is 0. The molecule has 0 aromatic rings. The molecule has 1 rings (SSSR count). The number of nitrogens with two attached hydrogens (primary N) is 3. The summed E-state index contributed by atoms with van der Waals surface area (Å²) in [4.78, 5) is 118. The summed E-state index contributed by atoms with van der Waals surface area (Å²) in [5.74, 6) is -7.79. The van der Waals surface area contributed by atoms with E-state index in [1.807, 2.05) is 13.8 Å². The molecular weight excluding hydrogens is 784 g/mol. The predicted molar refractivity (Wildman–Crippen MR) is 220 cm³/mol. The van der Waals surface area contributed by atoms with Gasteiger partial charge < -0.3 is 64.2 Å². The molecule has 0 saturated carbocycles. The molecule has 0 bridgehead atoms. The van der Waals surface area contributed by atoms with Crippen LogP contribution in [0.3, 0.4) is 0 Å². The number of unbranched alkanes of at least 4 members (excludes halogenated alkanes) is 1. The molecule has 0 spiro atoms. The van der Waals surface area contributed by atoms with Crippen molar-refractivity contribution in [3.05, 3.63) is 0 Å². The van der Waals surface area contributed by atoms with Gasteiger partial charge in [0.1, 0.15) is 36.3 Å². The molecule has 0 aliphatic carbocycles. The molecule has 8 amide bonds. The number of amides is 8. The predicted octanol–water partition coefficient (Wildman–Crippen LogP) is -2.55.